The molecule has 0 atom stereocenters. The minimum absolute atomic E-state index is 0.135. The molecule has 1 nitrogen and oxygen atoms in total. The summed E-state index contributed by atoms with van der Waals surface area (Å²) in [7, 11) is 0. The Morgan fingerprint density at radius 1 is 0.818 bits per heavy atom. The summed E-state index contributed by atoms with van der Waals surface area (Å²) in [4.78, 5) is 11.8. The fourth-order valence-electron chi connectivity index (χ4n) is 1.74. The number of carbonyl (C=O) groups is 1. The van der Waals surface area contributed by atoms with E-state index < -0.39 is 0 Å². The van der Waals surface area contributed by atoms with Gasteiger partial charge in [0.25, 0.3) is 0 Å². The van der Waals surface area contributed by atoms with E-state index in [0.29, 0.717) is 12.2 Å². The predicted octanol–water partition coefficient (Wildman–Crippen LogP) is 5.05. The topological polar surface area (TPSA) is 17.1 Å². The lowest BCUT2D eigenvalue weighted by molar-refractivity contribution is -0.110. The van der Waals surface area contributed by atoms with E-state index in [1.807, 2.05) is 0 Å². The molecular weight excluding hydrogens is 322 g/mol. The third-order valence-corrected chi connectivity index (χ3v) is 4.98. The molecule has 116 valence electrons. The van der Waals surface area contributed by atoms with E-state index in [-0.39, 0.29) is 16.7 Å². The molecule has 0 spiro atoms. The zero-order chi connectivity index (χ0) is 15.8. The van der Waals surface area contributed by atoms with Gasteiger partial charge >= 0.3 is 0 Å². The van der Waals surface area contributed by atoms with E-state index in [4.69, 9.17) is 0 Å². The quantitative estimate of drug-likeness (QED) is 0.658. The summed E-state index contributed by atoms with van der Waals surface area (Å²) in [5.41, 5.74) is 2.00. The van der Waals surface area contributed by atoms with Crippen molar-refractivity contribution in [1.29, 1.82) is 0 Å². The van der Waals surface area contributed by atoms with Crippen LogP contribution >= 0.6 is 23.5 Å². The van der Waals surface area contributed by atoms with Gasteiger partial charge in [-0.3, -0.25) is 4.79 Å². The third-order valence-electron chi connectivity index (χ3n) is 2.95. The highest BCUT2D eigenvalue weighted by molar-refractivity contribution is 8.13. The van der Waals surface area contributed by atoms with Crippen LogP contribution in [0.25, 0.3) is 0 Å². The summed E-state index contributed by atoms with van der Waals surface area (Å²) in [6.07, 6.45) is 0.498. The summed E-state index contributed by atoms with van der Waals surface area (Å²) in [5.74, 6) is 1.59. The van der Waals surface area contributed by atoms with Crippen LogP contribution in [0.2, 0.25) is 0 Å². The molecule has 0 aliphatic rings. The summed E-state index contributed by atoms with van der Waals surface area (Å²) in [5, 5.41) is 0.135. The molecule has 2 aromatic rings. The number of halogens is 2. The third kappa shape index (κ3) is 6.20. The van der Waals surface area contributed by atoms with Crippen LogP contribution < -0.4 is 0 Å². The summed E-state index contributed by atoms with van der Waals surface area (Å²) in [6.45, 7) is 0. The van der Waals surface area contributed by atoms with Crippen LogP contribution in [0.5, 0.6) is 0 Å². The van der Waals surface area contributed by atoms with Gasteiger partial charge in [0.15, 0.2) is 5.12 Å². The van der Waals surface area contributed by atoms with Crippen LogP contribution in [0.4, 0.5) is 8.78 Å². The van der Waals surface area contributed by atoms with Crippen molar-refractivity contribution in [3.8, 4) is 0 Å². The fraction of sp³-hybridized carbons (Fsp3) is 0.235. The number of hydrogen-bond donors (Lipinski definition) is 0. The highest BCUT2D eigenvalue weighted by atomic mass is 32.2. The normalized spacial score (nSPS) is 10.6. The minimum atomic E-state index is -0.266. The number of benzene rings is 2. The van der Waals surface area contributed by atoms with Gasteiger partial charge in [0, 0.05) is 23.7 Å². The first kappa shape index (κ1) is 17.0. The first-order valence-electron chi connectivity index (χ1n) is 6.86. The van der Waals surface area contributed by atoms with Gasteiger partial charge in [-0.15, -0.1) is 0 Å². The van der Waals surface area contributed by atoms with Crippen molar-refractivity contribution in [2.45, 2.75) is 17.9 Å². The predicted molar refractivity (Wildman–Crippen MR) is 89.9 cm³/mol. The summed E-state index contributed by atoms with van der Waals surface area (Å²) in [6, 6.07) is 12.6. The molecule has 0 unspecified atom stereocenters. The highest BCUT2D eigenvalue weighted by Gasteiger charge is 2.04. The Balaban J connectivity index is 1.61. The van der Waals surface area contributed by atoms with Gasteiger partial charge in [0.2, 0.25) is 0 Å². The first-order valence-corrected chi connectivity index (χ1v) is 9.00. The molecule has 0 bridgehead atoms. The summed E-state index contributed by atoms with van der Waals surface area (Å²) < 4.78 is 25.5. The van der Waals surface area contributed by atoms with E-state index in [9.17, 15) is 13.6 Å². The number of thioether (sulfide) groups is 2. The molecule has 0 saturated heterocycles. The molecule has 5 heteroatoms. The SMILES string of the molecule is O=C(CCSCc1ccc(F)cc1)SCc1ccc(F)cc1. The molecule has 0 heterocycles. The molecule has 22 heavy (non-hydrogen) atoms. The van der Waals surface area contributed by atoms with Gasteiger partial charge in [0.05, 0.1) is 0 Å². The van der Waals surface area contributed by atoms with Gasteiger partial charge in [-0.25, -0.2) is 8.78 Å². The fourth-order valence-corrected chi connectivity index (χ4v) is 3.54. The Bertz CT molecular complexity index is 597. The molecule has 0 aliphatic carbocycles. The van der Waals surface area contributed by atoms with E-state index in [2.05, 4.69) is 0 Å². The van der Waals surface area contributed by atoms with Crippen LogP contribution in [-0.2, 0) is 16.3 Å². The maximum absolute atomic E-state index is 12.8. The Kier molecular flexibility index (Phi) is 6.93. The lowest BCUT2D eigenvalue weighted by Crippen LogP contribution is -1.95. The Morgan fingerprint density at radius 2 is 1.32 bits per heavy atom. The molecule has 0 fully saturated rings. The standard InChI is InChI=1S/C17H16F2OS2/c18-15-5-1-13(2-6-15)11-21-10-9-17(20)22-12-14-3-7-16(19)8-4-14/h1-8H,9-12H2. The van der Waals surface area contributed by atoms with Crippen LogP contribution in [0.1, 0.15) is 17.5 Å². The van der Waals surface area contributed by atoms with Crippen molar-refractivity contribution in [3.05, 3.63) is 71.3 Å². The van der Waals surface area contributed by atoms with Gasteiger partial charge in [-0.1, -0.05) is 36.0 Å². The Hall–Kier alpha value is -1.33. The molecule has 0 aromatic heterocycles. The van der Waals surface area contributed by atoms with Crippen molar-refractivity contribution in [2.24, 2.45) is 0 Å². The van der Waals surface area contributed by atoms with E-state index >= 15 is 0 Å². The summed E-state index contributed by atoms with van der Waals surface area (Å²) >= 11 is 2.92. The van der Waals surface area contributed by atoms with E-state index in [1.165, 1.54) is 36.0 Å². The average Bonchev–Trinajstić information content (AvgIpc) is 2.53. The first-order chi connectivity index (χ1) is 10.6. The second kappa shape index (κ2) is 8.96. The zero-order valence-corrected chi connectivity index (χ0v) is 13.6. The Morgan fingerprint density at radius 3 is 1.86 bits per heavy atom. The van der Waals surface area contributed by atoms with Crippen LogP contribution in [0.15, 0.2) is 48.5 Å². The van der Waals surface area contributed by atoms with Crippen molar-refractivity contribution in [3.63, 3.8) is 0 Å². The highest BCUT2D eigenvalue weighted by Crippen LogP contribution is 2.18. The number of carbonyl (C=O) groups excluding carboxylic acids is 1. The molecule has 0 radical (unpaired) electrons. The molecule has 2 aromatic carbocycles. The van der Waals surface area contributed by atoms with Gasteiger partial charge in [-0.2, -0.15) is 11.8 Å². The lowest BCUT2D eigenvalue weighted by atomic mass is 10.2. The van der Waals surface area contributed by atoms with Gasteiger partial charge < -0.3 is 0 Å². The van der Waals surface area contributed by atoms with E-state index in [0.717, 1.165) is 22.6 Å². The largest absolute Gasteiger partial charge is 0.287 e. The number of rotatable bonds is 7. The van der Waals surface area contributed by atoms with Crippen LogP contribution in [0.3, 0.4) is 0 Å². The van der Waals surface area contributed by atoms with Crippen molar-refractivity contribution in [1.82, 2.24) is 0 Å². The molecule has 0 saturated carbocycles. The zero-order valence-electron chi connectivity index (χ0n) is 11.9. The van der Waals surface area contributed by atoms with E-state index in [1.54, 1.807) is 36.0 Å². The smallest absolute Gasteiger partial charge is 0.190 e. The van der Waals surface area contributed by atoms with Crippen LogP contribution in [0, 0.1) is 11.6 Å². The second-order valence-electron chi connectivity index (χ2n) is 4.72. The Labute approximate surface area is 137 Å². The average molecular weight is 338 g/mol. The molecule has 2 rings (SSSR count). The molecule has 0 aliphatic heterocycles. The van der Waals surface area contributed by atoms with Crippen LogP contribution in [-0.4, -0.2) is 10.9 Å². The van der Waals surface area contributed by atoms with Gasteiger partial charge in [0.1, 0.15) is 11.6 Å². The maximum Gasteiger partial charge on any atom is 0.190 e. The second-order valence-corrected chi connectivity index (χ2v) is 6.85. The molecule has 0 amide bonds. The van der Waals surface area contributed by atoms with Gasteiger partial charge in [-0.05, 0) is 35.4 Å². The minimum Gasteiger partial charge on any atom is -0.287 e. The lowest BCUT2D eigenvalue weighted by Gasteiger charge is -2.03. The molecular formula is C17H16F2OS2. The molecule has 0 N–H and O–H groups in total. The van der Waals surface area contributed by atoms with Crippen molar-refractivity contribution in [2.75, 3.05) is 5.75 Å². The van der Waals surface area contributed by atoms with Crippen molar-refractivity contribution < 1.29 is 13.6 Å². The number of hydrogen-bond acceptors (Lipinski definition) is 3. The monoisotopic (exact) mass is 338 g/mol. The maximum atomic E-state index is 12.8. The van der Waals surface area contributed by atoms with Crippen molar-refractivity contribution >= 4 is 28.6 Å².